The Kier molecular flexibility index (Phi) is 6.98. The minimum Gasteiger partial charge on any atom is -0.480 e. The van der Waals surface area contributed by atoms with Gasteiger partial charge in [0.1, 0.15) is 17.6 Å². The summed E-state index contributed by atoms with van der Waals surface area (Å²) < 4.78 is 0. The molecule has 3 rings (SSSR count). The molecule has 12 heteroatoms. The number of aliphatic carboxylic acids is 1. The van der Waals surface area contributed by atoms with Gasteiger partial charge in [0.25, 0.3) is 11.5 Å². The van der Waals surface area contributed by atoms with Gasteiger partial charge < -0.3 is 27.2 Å². The zero-order valence-electron chi connectivity index (χ0n) is 17.2. The summed E-state index contributed by atoms with van der Waals surface area (Å²) in [4.78, 5) is 58.0. The van der Waals surface area contributed by atoms with Crippen molar-refractivity contribution in [2.24, 2.45) is 0 Å². The summed E-state index contributed by atoms with van der Waals surface area (Å²) in [6.07, 6.45) is 0.989. The molecule has 0 saturated carbocycles. The van der Waals surface area contributed by atoms with Gasteiger partial charge in [0.2, 0.25) is 11.9 Å². The van der Waals surface area contributed by atoms with Crippen LogP contribution in [0.4, 0.5) is 17.5 Å². The number of carbonyl (C=O) groups is 3. The number of carbonyl (C=O) groups excluding carboxylic acids is 2. The molecule has 0 fully saturated rings. The number of pyridine rings is 1. The van der Waals surface area contributed by atoms with Crippen LogP contribution in [0.15, 0.2) is 53.5 Å². The maximum Gasteiger partial charge on any atom is 0.326 e. The molecule has 2 aromatic heterocycles. The molecule has 0 bridgehead atoms. The average molecular weight is 451 g/mol. The third kappa shape index (κ3) is 6.13. The van der Waals surface area contributed by atoms with Crippen LogP contribution in [0.3, 0.4) is 0 Å². The molecule has 1 aromatic carbocycles. The van der Waals surface area contributed by atoms with Gasteiger partial charge in [-0.25, -0.2) is 9.78 Å². The van der Waals surface area contributed by atoms with Crippen molar-refractivity contribution in [3.63, 3.8) is 0 Å². The number of nitrogen functional groups attached to an aromatic ring is 2. The third-order valence-electron chi connectivity index (χ3n) is 4.57. The van der Waals surface area contributed by atoms with Crippen molar-refractivity contribution in [2.75, 3.05) is 16.8 Å². The predicted octanol–water partition coefficient (Wildman–Crippen LogP) is -0.0638. The van der Waals surface area contributed by atoms with Gasteiger partial charge in [0, 0.05) is 6.42 Å². The normalized spacial score (nSPS) is 11.4. The number of nitrogens with zero attached hydrogens (tertiary/aromatic N) is 2. The van der Waals surface area contributed by atoms with E-state index in [0.29, 0.717) is 0 Å². The fraction of sp³-hybridized carbons (Fsp3) is 0.143. The average Bonchev–Trinajstić information content (AvgIpc) is 2.77. The summed E-state index contributed by atoms with van der Waals surface area (Å²) in [6, 6.07) is 10.5. The second kappa shape index (κ2) is 10.0. The van der Waals surface area contributed by atoms with Crippen LogP contribution in [0.5, 0.6) is 0 Å². The number of benzene rings is 1. The van der Waals surface area contributed by atoms with Gasteiger partial charge >= 0.3 is 5.97 Å². The second-order valence-corrected chi connectivity index (χ2v) is 7.03. The van der Waals surface area contributed by atoms with E-state index in [1.807, 2.05) is 6.07 Å². The minimum atomic E-state index is -1.18. The summed E-state index contributed by atoms with van der Waals surface area (Å²) in [6.45, 7) is 0. The molecule has 2 amide bonds. The fourth-order valence-corrected chi connectivity index (χ4v) is 2.95. The van der Waals surface area contributed by atoms with Crippen LogP contribution in [0, 0.1) is 0 Å². The van der Waals surface area contributed by atoms with Crippen molar-refractivity contribution in [1.29, 1.82) is 0 Å². The summed E-state index contributed by atoms with van der Waals surface area (Å²) in [5, 5.41) is 14.4. The number of nitrogens with two attached hydrogens (primary N) is 2. The Morgan fingerprint density at radius 1 is 1.09 bits per heavy atom. The number of hydrogen-bond acceptors (Lipinski definition) is 8. The first kappa shape index (κ1) is 22.9. The summed E-state index contributed by atoms with van der Waals surface area (Å²) in [5.74, 6) is -2.73. The van der Waals surface area contributed by atoms with Crippen molar-refractivity contribution >= 4 is 35.2 Å². The van der Waals surface area contributed by atoms with E-state index in [1.54, 1.807) is 24.3 Å². The highest BCUT2D eigenvalue weighted by Crippen LogP contribution is 2.10. The van der Waals surface area contributed by atoms with Crippen LogP contribution >= 0.6 is 0 Å². The van der Waals surface area contributed by atoms with E-state index in [9.17, 15) is 24.3 Å². The second-order valence-electron chi connectivity index (χ2n) is 7.03. The molecule has 8 N–H and O–H groups in total. The number of nitrogens with one attached hydrogen (secondary N) is 3. The van der Waals surface area contributed by atoms with Gasteiger partial charge in [-0.15, -0.1) is 0 Å². The Bertz CT molecular complexity index is 1230. The van der Waals surface area contributed by atoms with Crippen molar-refractivity contribution < 1.29 is 19.5 Å². The predicted molar refractivity (Wildman–Crippen MR) is 119 cm³/mol. The van der Waals surface area contributed by atoms with E-state index < -0.39 is 29.4 Å². The lowest BCUT2D eigenvalue weighted by molar-refractivity contribution is -0.139. The molecule has 0 aliphatic rings. The maximum absolute atomic E-state index is 12.4. The van der Waals surface area contributed by atoms with Gasteiger partial charge in [-0.05, 0) is 17.7 Å². The largest absolute Gasteiger partial charge is 0.480 e. The number of carboxylic acids is 1. The first-order valence-electron chi connectivity index (χ1n) is 9.70. The Morgan fingerprint density at radius 3 is 2.42 bits per heavy atom. The molecule has 33 heavy (non-hydrogen) atoms. The number of amides is 2. The Labute approximate surface area is 187 Å². The first-order valence-corrected chi connectivity index (χ1v) is 9.70. The lowest BCUT2D eigenvalue weighted by Crippen LogP contribution is -2.42. The van der Waals surface area contributed by atoms with Crippen molar-refractivity contribution in [3.05, 3.63) is 75.8 Å². The highest BCUT2D eigenvalue weighted by Gasteiger charge is 2.22. The Balaban J connectivity index is 1.62. The summed E-state index contributed by atoms with van der Waals surface area (Å²) in [7, 11) is 0. The zero-order chi connectivity index (χ0) is 24.0. The fourth-order valence-electron chi connectivity index (χ4n) is 2.95. The van der Waals surface area contributed by atoms with Crippen LogP contribution in [0.25, 0.3) is 0 Å². The van der Waals surface area contributed by atoms with Gasteiger partial charge in [-0.2, -0.15) is 4.98 Å². The van der Waals surface area contributed by atoms with Crippen molar-refractivity contribution in [1.82, 2.24) is 20.3 Å². The van der Waals surface area contributed by atoms with Crippen LogP contribution in [0.1, 0.15) is 21.6 Å². The third-order valence-corrected chi connectivity index (χ3v) is 4.57. The molecule has 1 atom stereocenters. The highest BCUT2D eigenvalue weighted by atomic mass is 16.4. The standard InChI is InChI=1S/C21H21N7O5/c22-17-13(18(30)28-21(23)27-17)9-16(29)25-12-6-7-14(24-10-12)19(31)26-15(20(32)33)8-11-4-2-1-3-5-11/h1-7,10,15H,8-9H2,(H,25,29)(H,26,31)(H,32,33)(H5,22,23,27,28,30)/t15-/m0/s1. The molecule has 2 heterocycles. The number of carboxylic acid groups (broad SMARTS) is 1. The molecule has 0 saturated heterocycles. The van der Waals surface area contributed by atoms with E-state index in [-0.39, 0.29) is 41.6 Å². The quantitative estimate of drug-likeness (QED) is 0.271. The molecular formula is C21H21N7O5. The maximum atomic E-state index is 12.4. The Morgan fingerprint density at radius 2 is 1.82 bits per heavy atom. The lowest BCUT2D eigenvalue weighted by Gasteiger charge is -2.14. The molecule has 170 valence electrons. The molecule has 0 radical (unpaired) electrons. The topological polar surface area (TPSA) is 206 Å². The van der Waals surface area contributed by atoms with E-state index in [4.69, 9.17) is 11.5 Å². The van der Waals surface area contributed by atoms with Gasteiger partial charge in [-0.1, -0.05) is 30.3 Å². The number of aromatic amines is 1. The van der Waals surface area contributed by atoms with E-state index >= 15 is 0 Å². The smallest absolute Gasteiger partial charge is 0.326 e. The molecule has 0 aliphatic carbocycles. The summed E-state index contributed by atoms with van der Waals surface area (Å²) >= 11 is 0. The molecule has 0 aliphatic heterocycles. The molecule has 0 unspecified atom stereocenters. The first-order chi connectivity index (χ1) is 15.7. The number of H-pyrrole nitrogens is 1. The van der Waals surface area contributed by atoms with Crippen molar-refractivity contribution in [3.8, 4) is 0 Å². The molecular weight excluding hydrogens is 430 g/mol. The molecule has 3 aromatic rings. The lowest BCUT2D eigenvalue weighted by atomic mass is 10.1. The SMILES string of the molecule is Nc1nc(N)c(CC(=O)Nc2ccc(C(=O)N[C@@H](Cc3ccccc3)C(=O)O)nc2)c(=O)[nH]1. The molecule has 12 nitrogen and oxygen atoms in total. The van der Waals surface area contributed by atoms with Crippen molar-refractivity contribution in [2.45, 2.75) is 18.9 Å². The summed E-state index contributed by atoms with van der Waals surface area (Å²) in [5.41, 5.74) is 11.3. The Hall–Kier alpha value is -4.74. The van der Waals surface area contributed by atoms with E-state index in [1.165, 1.54) is 18.3 Å². The van der Waals surface area contributed by atoms with Crippen LogP contribution in [-0.2, 0) is 22.4 Å². The van der Waals surface area contributed by atoms with Crippen LogP contribution in [0.2, 0.25) is 0 Å². The number of aromatic nitrogens is 3. The minimum absolute atomic E-state index is 0.0317. The number of hydrogen-bond donors (Lipinski definition) is 6. The van der Waals surface area contributed by atoms with E-state index in [2.05, 4.69) is 25.6 Å². The van der Waals surface area contributed by atoms with E-state index in [0.717, 1.165) is 5.56 Å². The van der Waals surface area contributed by atoms with Gasteiger partial charge in [0.05, 0.1) is 23.9 Å². The monoisotopic (exact) mass is 451 g/mol. The van der Waals surface area contributed by atoms with Gasteiger partial charge in [-0.3, -0.25) is 19.4 Å². The number of rotatable bonds is 8. The molecule has 0 spiro atoms. The van der Waals surface area contributed by atoms with Crippen LogP contribution in [-0.4, -0.2) is 43.9 Å². The van der Waals surface area contributed by atoms with Gasteiger partial charge in [0.15, 0.2) is 0 Å². The highest BCUT2D eigenvalue weighted by molar-refractivity contribution is 5.96. The van der Waals surface area contributed by atoms with Crippen LogP contribution < -0.4 is 27.7 Å². The number of anilines is 3. The zero-order valence-corrected chi connectivity index (χ0v) is 17.2.